The van der Waals surface area contributed by atoms with Gasteiger partial charge in [-0.15, -0.1) is 0 Å². The molecule has 1 aliphatic heterocycles. The van der Waals surface area contributed by atoms with Gasteiger partial charge >= 0.3 is 0 Å². The lowest BCUT2D eigenvalue weighted by molar-refractivity contribution is 0.0489. The number of benzene rings is 1. The number of rotatable bonds is 2. The van der Waals surface area contributed by atoms with E-state index in [0.717, 1.165) is 0 Å². The number of ether oxygens (including phenoxy) is 1. The van der Waals surface area contributed by atoms with E-state index in [-0.39, 0.29) is 12.1 Å². The maximum absolute atomic E-state index is 6.41. The lowest BCUT2D eigenvalue weighted by Crippen LogP contribution is -2.30. The van der Waals surface area contributed by atoms with E-state index < -0.39 is 0 Å². The van der Waals surface area contributed by atoms with Crippen LogP contribution < -0.4 is 5.73 Å². The van der Waals surface area contributed by atoms with E-state index in [2.05, 4.69) is 52.0 Å². The molecule has 1 aromatic rings. The largest absolute Gasteiger partial charge is 0.375 e. The van der Waals surface area contributed by atoms with Crippen LogP contribution in [0.25, 0.3) is 0 Å². The van der Waals surface area contributed by atoms with Crippen LogP contribution in [0.2, 0.25) is 0 Å². The molecule has 2 rings (SSSR count). The summed E-state index contributed by atoms with van der Waals surface area (Å²) in [5.41, 5.74) is 8.91. The predicted molar refractivity (Wildman–Crippen MR) is 70.8 cm³/mol. The summed E-state index contributed by atoms with van der Waals surface area (Å²) in [4.78, 5) is 0. The van der Waals surface area contributed by atoms with Crippen molar-refractivity contribution in [2.45, 2.75) is 45.9 Å². The first kappa shape index (κ1) is 12.6. The Hall–Kier alpha value is -0.860. The first-order valence-electron chi connectivity index (χ1n) is 6.48. The summed E-state index contributed by atoms with van der Waals surface area (Å²) in [6.07, 6.45) is 0.558. The molecule has 1 heterocycles. The SMILES string of the molecule is Cc1ccc(C(N)C2C(C)OC(C)C2C)cc1. The van der Waals surface area contributed by atoms with E-state index in [9.17, 15) is 0 Å². The maximum atomic E-state index is 6.41. The zero-order valence-electron chi connectivity index (χ0n) is 11.2. The van der Waals surface area contributed by atoms with E-state index in [0.29, 0.717) is 17.9 Å². The molecular weight excluding hydrogens is 210 g/mol. The zero-order valence-corrected chi connectivity index (χ0v) is 11.2. The minimum atomic E-state index is 0.0746. The fourth-order valence-corrected chi connectivity index (χ4v) is 2.92. The van der Waals surface area contributed by atoms with Crippen LogP contribution in [0.15, 0.2) is 24.3 Å². The van der Waals surface area contributed by atoms with Crippen LogP contribution in [0, 0.1) is 18.8 Å². The molecule has 17 heavy (non-hydrogen) atoms. The minimum absolute atomic E-state index is 0.0746. The molecule has 1 aromatic carbocycles. The topological polar surface area (TPSA) is 35.2 Å². The Labute approximate surface area is 104 Å². The van der Waals surface area contributed by atoms with Gasteiger partial charge in [-0.2, -0.15) is 0 Å². The molecule has 0 radical (unpaired) electrons. The van der Waals surface area contributed by atoms with Gasteiger partial charge in [-0.25, -0.2) is 0 Å². The van der Waals surface area contributed by atoms with Crippen molar-refractivity contribution in [3.63, 3.8) is 0 Å². The van der Waals surface area contributed by atoms with Crippen molar-refractivity contribution in [3.05, 3.63) is 35.4 Å². The molecule has 2 N–H and O–H groups in total. The van der Waals surface area contributed by atoms with E-state index >= 15 is 0 Å². The summed E-state index contributed by atoms with van der Waals surface area (Å²) in [5, 5.41) is 0. The summed E-state index contributed by atoms with van der Waals surface area (Å²) >= 11 is 0. The molecule has 2 nitrogen and oxygen atoms in total. The normalized spacial score (nSPS) is 34.9. The highest BCUT2D eigenvalue weighted by Crippen LogP contribution is 2.39. The quantitative estimate of drug-likeness (QED) is 0.852. The average Bonchev–Trinajstić information content (AvgIpc) is 2.53. The van der Waals surface area contributed by atoms with Crippen molar-refractivity contribution >= 4 is 0 Å². The first-order chi connectivity index (χ1) is 8.00. The molecule has 5 unspecified atom stereocenters. The summed E-state index contributed by atoms with van der Waals surface area (Å²) in [6, 6.07) is 8.61. The smallest absolute Gasteiger partial charge is 0.0600 e. The summed E-state index contributed by atoms with van der Waals surface area (Å²) in [7, 11) is 0. The highest BCUT2D eigenvalue weighted by molar-refractivity contribution is 5.25. The number of nitrogens with two attached hydrogens (primary N) is 1. The maximum Gasteiger partial charge on any atom is 0.0600 e. The van der Waals surface area contributed by atoms with Crippen LogP contribution in [0.1, 0.15) is 37.9 Å². The van der Waals surface area contributed by atoms with Crippen molar-refractivity contribution in [1.82, 2.24) is 0 Å². The fourth-order valence-electron chi connectivity index (χ4n) is 2.92. The second kappa shape index (κ2) is 4.79. The van der Waals surface area contributed by atoms with E-state index in [1.165, 1.54) is 11.1 Å². The van der Waals surface area contributed by atoms with E-state index in [1.807, 2.05) is 0 Å². The molecule has 5 atom stereocenters. The highest BCUT2D eigenvalue weighted by Gasteiger charge is 2.40. The van der Waals surface area contributed by atoms with Gasteiger partial charge in [0.2, 0.25) is 0 Å². The van der Waals surface area contributed by atoms with Crippen LogP contribution >= 0.6 is 0 Å². The van der Waals surface area contributed by atoms with Crippen LogP contribution in [0.5, 0.6) is 0 Å². The number of aryl methyl sites for hydroxylation is 1. The lowest BCUT2D eigenvalue weighted by atomic mass is 9.81. The van der Waals surface area contributed by atoms with E-state index in [4.69, 9.17) is 10.5 Å². The summed E-state index contributed by atoms with van der Waals surface area (Å²) in [5.74, 6) is 0.925. The second-order valence-electron chi connectivity index (χ2n) is 5.42. The van der Waals surface area contributed by atoms with Crippen molar-refractivity contribution in [2.24, 2.45) is 17.6 Å². The molecule has 0 spiro atoms. The highest BCUT2D eigenvalue weighted by atomic mass is 16.5. The Bertz CT molecular complexity index is 373. The molecule has 0 amide bonds. The fraction of sp³-hybridized carbons (Fsp3) is 0.600. The molecule has 1 fully saturated rings. The van der Waals surface area contributed by atoms with Crippen molar-refractivity contribution in [2.75, 3.05) is 0 Å². The monoisotopic (exact) mass is 233 g/mol. The molecule has 0 aliphatic carbocycles. The molecular formula is C15H23NO. The van der Waals surface area contributed by atoms with Gasteiger partial charge in [0.1, 0.15) is 0 Å². The minimum Gasteiger partial charge on any atom is -0.375 e. The molecule has 0 bridgehead atoms. The second-order valence-corrected chi connectivity index (χ2v) is 5.42. The van der Waals surface area contributed by atoms with Gasteiger partial charge in [-0.1, -0.05) is 36.8 Å². The Morgan fingerprint density at radius 3 is 2.12 bits per heavy atom. The molecule has 0 aromatic heterocycles. The first-order valence-corrected chi connectivity index (χ1v) is 6.48. The van der Waals surface area contributed by atoms with Gasteiger partial charge in [0.05, 0.1) is 12.2 Å². The van der Waals surface area contributed by atoms with Crippen molar-refractivity contribution in [3.8, 4) is 0 Å². The van der Waals surface area contributed by atoms with Crippen LogP contribution in [-0.2, 0) is 4.74 Å². The Balaban J connectivity index is 2.19. The van der Waals surface area contributed by atoms with Crippen molar-refractivity contribution < 1.29 is 4.74 Å². The third-order valence-electron chi connectivity index (χ3n) is 4.20. The Morgan fingerprint density at radius 2 is 1.65 bits per heavy atom. The standard InChI is InChI=1S/C15H23NO/c1-9-5-7-13(8-6-9)15(16)14-10(2)11(3)17-12(14)4/h5-8,10-12,14-15H,16H2,1-4H3. The average molecular weight is 233 g/mol. The van der Waals surface area contributed by atoms with Gasteiger partial charge in [-0.05, 0) is 32.3 Å². The van der Waals surface area contributed by atoms with E-state index in [1.54, 1.807) is 0 Å². The Morgan fingerprint density at radius 1 is 1.06 bits per heavy atom. The lowest BCUT2D eigenvalue weighted by Gasteiger charge is -2.26. The van der Waals surface area contributed by atoms with Crippen LogP contribution in [0.4, 0.5) is 0 Å². The predicted octanol–water partition coefficient (Wildman–Crippen LogP) is 3.05. The molecule has 94 valence electrons. The van der Waals surface area contributed by atoms with Crippen molar-refractivity contribution in [1.29, 1.82) is 0 Å². The molecule has 2 heteroatoms. The van der Waals surface area contributed by atoms with Gasteiger partial charge in [0.15, 0.2) is 0 Å². The van der Waals surface area contributed by atoms with Gasteiger partial charge in [0.25, 0.3) is 0 Å². The third kappa shape index (κ3) is 2.38. The number of hydrogen-bond donors (Lipinski definition) is 1. The summed E-state index contributed by atoms with van der Waals surface area (Å²) in [6.45, 7) is 8.62. The number of hydrogen-bond acceptors (Lipinski definition) is 2. The van der Waals surface area contributed by atoms with Gasteiger partial charge in [0, 0.05) is 12.0 Å². The van der Waals surface area contributed by atoms with Crippen LogP contribution in [0.3, 0.4) is 0 Å². The third-order valence-corrected chi connectivity index (χ3v) is 4.20. The summed E-state index contributed by atoms with van der Waals surface area (Å²) < 4.78 is 5.87. The zero-order chi connectivity index (χ0) is 12.6. The van der Waals surface area contributed by atoms with Gasteiger partial charge in [-0.3, -0.25) is 0 Å². The van der Waals surface area contributed by atoms with Gasteiger partial charge < -0.3 is 10.5 Å². The molecule has 1 aliphatic rings. The Kier molecular flexibility index (Phi) is 3.55. The molecule has 1 saturated heterocycles. The molecule has 0 saturated carbocycles. The van der Waals surface area contributed by atoms with Crippen LogP contribution in [-0.4, -0.2) is 12.2 Å².